The van der Waals surface area contributed by atoms with Crippen molar-refractivity contribution in [2.75, 3.05) is 7.11 Å². The third-order valence-corrected chi connectivity index (χ3v) is 13.3. The van der Waals surface area contributed by atoms with Gasteiger partial charge in [-0.15, -0.1) is 0 Å². The van der Waals surface area contributed by atoms with Gasteiger partial charge < -0.3 is 9.16 Å². The van der Waals surface area contributed by atoms with Crippen molar-refractivity contribution >= 4 is 14.3 Å². The van der Waals surface area contributed by atoms with Crippen LogP contribution in [-0.4, -0.2) is 27.5 Å². The number of carbonyl (C=O) groups excluding carboxylic acids is 1. The molecular formula is C25H42O3Si. The predicted molar refractivity (Wildman–Crippen MR) is 124 cm³/mol. The molecule has 1 saturated carbocycles. The summed E-state index contributed by atoms with van der Waals surface area (Å²) in [4.78, 5) is 11.8. The molecule has 1 aromatic rings. The minimum Gasteiger partial charge on any atom is -0.469 e. The highest BCUT2D eigenvalue weighted by atomic mass is 28.4. The van der Waals surface area contributed by atoms with E-state index in [0.29, 0.717) is 28.6 Å². The van der Waals surface area contributed by atoms with E-state index in [0.717, 1.165) is 12.0 Å². The number of methoxy groups -OCH3 is 1. The van der Waals surface area contributed by atoms with Crippen LogP contribution in [0.5, 0.6) is 0 Å². The highest BCUT2D eigenvalue weighted by Gasteiger charge is 2.48. The normalized spacial score (nSPS) is 21.2. The lowest BCUT2D eigenvalue weighted by Crippen LogP contribution is -2.50. The summed E-state index contributed by atoms with van der Waals surface area (Å²) in [6.07, 6.45) is 5.18. The van der Waals surface area contributed by atoms with Crippen molar-refractivity contribution in [2.45, 2.75) is 103 Å². The van der Waals surface area contributed by atoms with Crippen LogP contribution in [0.25, 0.3) is 0 Å². The van der Waals surface area contributed by atoms with E-state index in [-0.39, 0.29) is 11.9 Å². The summed E-state index contributed by atoms with van der Waals surface area (Å²) in [5.74, 6) is 0.202. The van der Waals surface area contributed by atoms with Crippen LogP contribution in [0.4, 0.5) is 0 Å². The molecule has 3 atom stereocenters. The quantitative estimate of drug-likeness (QED) is 0.324. The maximum Gasteiger partial charge on any atom is 0.312 e. The first-order valence-corrected chi connectivity index (χ1v) is 13.6. The Hall–Kier alpha value is -1.13. The number of ether oxygens (including phenoxy) is 1. The van der Waals surface area contributed by atoms with E-state index >= 15 is 0 Å². The van der Waals surface area contributed by atoms with Crippen LogP contribution < -0.4 is 0 Å². The van der Waals surface area contributed by atoms with Crippen LogP contribution in [0.1, 0.15) is 84.8 Å². The fraction of sp³-hybridized carbons (Fsp3) is 0.720. The van der Waals surface area contributed by atoms with Gasteiger partial charge in [0.15, 0.2) is 0 Å². The molecule has 1 aliphatic rings. The lowest BCUT2D eigenvalue weighted by Gasteiger charge is -2.45. The molecule has 1 aromatic carbocycles. The first-order chi connectivity index (χ1) is 13.6. The van der Waals surface area contributed by atoms with Gasteiger partial charge >= 0.3 is 5.97 Å². The number of rotatable bonds is 9. The van der Waals surface area contributed by atoms with E-state index in [4.69, 9.17) is 9.16 Å². The average Bonchev–Trinajstić information content (AvgIpc) is 3.11. The van der Waals surface area contributed by atoms with Gasteiger partial charge in [0.2, 0.25) is 8.32 Å². The van der Waals surface area contributed by atoms with Crippen LogP contribution >= 0.6 is 0 Å². The zero-order chi connectivity index (χ0) is 21.8. The van der Waals surface area contributed by atoms with E-state index < -0.39 is 8.32 Å². The molecule has 1 aliphatic carbocycles. The van der Waals surface area contributed by atoms with Crippen molar-refractivity contribution in [3.05, 3.63) is 35.4 Å². The van der Waals surface area contributed by atoms with Gasteiger partial charge in [-0.2, -0.15) is 0 Å². The van der Waals surface area contributed by atoms with E-state index in [9.17, 15) is 4.79 Å². The Morgan fingerprint density at radius 3 is 2.00 bits per heavy atom. The fourth-order valence-electron chi connectivity index (χ4n) is 5.62. The van der Waals surface area contributed by atoms with Crippen LogP contribution in [0.3, 0.4) is 0 Å². The monoisotopic (exact) mass is 418 g/mol. The SMILES string of the molecule is COC(=O)C(C)c1ccc(C[C@H]2CCC[C@@H]2O[Si](C(C)C)(C(C)C)C(C)C)cc1. The van der Waals surface area contributed by atoms with Gasteiger partial charge in [-0.25, -0.2) is 0 Å². The van der Waals surface area contributed by atoms with Gasteiger partial charge in [-0.3, -0.25) is 4.79 Å². The first-order valence-electron chi connectivity index (χ1n) is 11.5. The molecule has 1 unspecified atom stereocenters. The topological polar surface area (TPSA) is 35.5 Å². The molecule has 2 rings (SSSR count). The summed E-state index contributed by atoms with van der Waals surface area (Å²) in [6, 6.07) is 8.53. The van der Waals surface area contributed by atoms with Gasteiger partial charge in [0.05, 0.1) is 13.0 Å². The maximum absolute atomic E-state index is 11.8. The van der Waals surface area contributed by atoms with Gasteiger partial charge in [0, 0.05) is 6.10 Å². The van der Waals surface area contributed by atoms with Crippen LogP contribution in [0.2, 0.25) is 16.6 Å². The number of carbonyl (C=O) groups is 1. The second kappa shape index (κ2) is 10.3. The molecule has 1 fully saturated rings. The van der Waals surface area contributed by atoms with Crippen molar-refractivity contribution in [1.29, 1.82) is 0 Å². The minimum atomic E-state index is -1.84. The Kier molecular flexibility index (Phi) is 8.54. The zero-order valence-electron chi connectivity index (χ0n) is 19.8. The van der Waals surface area contributed by atoms with Crippen molar-refractivity contribution < 1.29 is 14.0 Å². The number of benzene rings is 1. The summed E-state index contributed by atoms with van der Waals surface area (Å²) in [6.45, 7) is 16.1. The molecule has 0 aliphatic heterocycles. The van der Waals surface area contributed by atoms with E-state index in [2.05, 4.69) is 65.8 Å². The Balaban J connectivity index is 2.12. The second-order valence-electron chi connectivity index (χ2n) is 9.86. The maximum atomic E-state index is 11.8. The number of hydrogen-bond acceptors (Lipinski definition) is 3. The van der Waals surface area contributed by atoms with Crippen molar-refractivity contribution in [3.63, 3.8) is 0 Å². The molecule has 4 heteroatoms. The standard InChI is InChI=1S/C25H42O3Si/c1-17(2)29(18(3)4,19(5)6)28-24-11-9-10-23(24)16-21-12-14-22(15-13-21)20(7)25(26)27-8/h12-15,17-20,23-24H,9-11,16H2,1-8H3/t20?,23-,24+/m1/s1. The molecule has 0 spiro atoms. The third kappa shape index (κ3) is 5.32. The fourth-order valence-corrected chi connectivity index (χ4v) is 11.3. The van der Waals surface area contributed by atoms with Gasteiger partial charge in [0.25, 0.3) is 0 Å². The van der Waals surface area contributed by atoms with Gasteiger partial charge in [0.1, 0.15) is 0 Å². The van der Waals surface area contributed by atoms with Crippen LogP contribution in [0.15, 0.2) is 24.3 Å². The molecule has 3 nitrogen and oxygen atoms in total. The summed E-state index contributed by atoms with van der Waals surface area (Å²) >= 11 is 0. The Morgan fingerprint density at radius 2 is 1.52 bits per heavy atom. The highest BCUT2D eigenvalue weighted by molar-refractivity contribution is 6.77. The Morgan fingerprint density at radius 1 is 0.966 bits per heavy atom. The van der Waals surface area contributed by atoms with Crippen molar-refractivity contribution in [3.8, 4) is 0 Å². The minimum absolute atomic E-state index is 0.181. The van der Waals surface area contributed by atoms with E-state index in [1.54, 1.807) is 0 Å². The summed E-state index contributed by atoms with van der Waals surface area (Å²) in [5.41, 5.74) is 4.25. The molecule has 0 saturated heterocycles. The molecule has 0 radical (unpaired) electrons. The molecule has 0 N–H and O–H groups in total. The largest absolute Gasteiger partial charge is 0.469 e. The average molecular weight is 419 g/mol. The predicted octanol–water partition coefficient (Wildman–Crippen LogP) is 6.87. The third-order valence-electron chi connectivity index (χ3n) is 7.18. The second-order valence-corrected chi connectivity index (χ2v) is 15.3. The summed E-state index contributed by atoms with van der Waals surface area (Å²) in [7, 11) is -0.397. The van der Waals surface area contributed by atoms with Crippen LogP contribution in [-0.2, 0) is 20.4 Å². The van der Waals surface area contributed by atoms with E-state index in [1.807, 2.05) is 6.92 Å². The van der Waals surface area contributed by atoms with Gasteiger partial charge in [-0.05, 0) is 59.9 Å². The lowest BCUT2D eigenvalue weighted by molar-refractivity contribution is -0.141. The van der Waals surface area contributed by atoms with E-state index in [1.165, 1.54) is 31.9 Å². The molecule has 0 amide bonds. The lowest BCUT2D eigenvalue weighted by atomic mass is 9.94. The Labute approximate surface area is 179 Å². The molecule has 29 heavy (non-hydrogen) atoms. The number of esters is 1. The zero-order valence-corrected chi connectivity index (χ0v) is 20.8. The van der Waals surface area contributed by atoms with Crippen molar-refractivity contribution in [1.82, 2.24) is 0 Å². The van der Waals surface area contributed by atoms with Crippen molar-refractivity contribution in [2.24, 2.45) is 5.92 Å². The molecule has 0 heterocycles. The smallest absolute Gasteiger partial charge is 0.312 e. The molecule has 164 valence electrons. The highest BCUT2D eigenvalue weighted by Crippen LogP contribution is 2.46. The summed E-state index contributed by atoms with van der Waals surface area (Å²) in [5, 5.41) is 0. The first kappa shape index (κ1) is 24.1. The number of hydrogen-bond donors (Lipinski definition) is 0. The molecule has 0 aromatic heterocycles. The summed E-state index contributed by atoms with van der Waals surface area (Å²) < 4.78 is 12.0. The Bertz CT molecular complexity index is 629. The van der Waals surface area contributed by atoms with Crippen LogP contribution in [0, 0.1) is 5.92 Å². The molecule has 0 bridgehead atoms. The van der Waals surface area contributed by atoms with Gasteiger partial charge in [-0.1, -0.05) is 72.2 Å². The molecular weight excluding hydrogens is 376 g/mol.